The highest BCUT2D eigenvalue weighted by Crippen LogP contribution is 2.26. The number of nitrogens with zero attached hydrogens (tertiary/aromatic N) is 4. The normalized spacial score (nSPS) is 15.4. The molecule has 0 saturated carbocycles. The maximum Gasteiger partial charge on any atom is 0.243 e. The predicted molar refractivity (Wildman–Crippen MR) is 129 cm³/mol. The average Bonchev–Trinajstić information content (AvgIpc) is 3.42. The molecular weight excluding hydrogens is 450 g/mol. The van der Waals surface area contributed by atoms with Crippen molar-refractivity contribution in [2.45, 2.75) is 24.3 Å². The second-order valence-electron chi connectivity index (χ2n) is 8.34. The maximum absolute atomic E-state index is 13.2. The van der Waals surface area contributed by atoms with Gasteiger partial charge in [-0.2, -0.15) is 9.40 Å². The summed E-state index contributed by atoms with van der Waals surface area (Å²) in [4.78, 5) is 17.5. The molecule has 8 nitrogen and oxygen atoms in total. The van der Waals surface area contributed by atoms with Crippen molar-refractivity contribution in [1.29, 1.82) is 0 Å². The second-order valence-corrected chi connectivity index (χ2v) is 10.3. The lowest BCUT2D eigenvalue weighted by Crippen LogP contribution is -2.42. The summed E-state index contributed by atoms with van der Waals surface area (Å²) in [5.41, 5.74) is 0.857. The van der Waals surface area contributed by atoms with Gasteiger partial charge in [0.15, 0.2) is 5.82 Å². The molecule has 1 fully saturated rings. The molecule has 2 aromatic carbocycles. The van der Waals surface area contributed by atoms with E-state index in [4.69, 9.17) is 0 Å². The molecule has 0 radical (unpaired) electrons. The molecule has 0 aliphatic carbocycles. The van der Waals surface area contributed by atoms with Crippen molar-refractivity contribution < 1.29 is 13.2 Å². The molecule has 5 rings (SSSR count). The third kappa shape index (κ3) is 4.44. The number of hydrogen-bond donors (Lipinski definition) is 1. The minimum absolute atomic E-state index is 0.0713. The van der Waals surface area contributed by atoms with Crippen molar-refractivity contribution in [3.63, 3.8) is 0 Å². The van der Waals surface area contributed by atoms with Crippen LogP contribution >= 0.6 is 0 Å². The number of carbonyl (C=O) groups is 1. The number of piperidine rings is 1. The highest BCUT2D eigenvalue weighted by atomic mass is 32.2. The Bertz CT molecular complexity index is 1410. The van der Waals surface area contributed by atoms with Crippen LogP contribution < -0.4 is 5.32 Å². The van der Waals surface area contributed by atoms with E-state index in [1.807, 2.05) is 48.5 Å². The molecule has 2 aromatic heterocycles. The van der Waals surface area contributed by atoms with Crippen LogP contribution in [-0.4, -0.2) is 46.5 Å². The van der Waals surface area contributed by atoms with Crippen molar-refractivity contribution in [2.24, 2.45) is 5.92 Å². The number of benzene rings is 2. The topological polar surface area (TPSA) is 97.2 Å². The van der Waals surface area contributed by atoms with Crippen LogP contribution in [0.5, 0.6) is 0 Å². The second kappa shape index (κ2) is 9.36. The molecule has 0 unspecified atom stereocenters. The first-order chi connectivity index (χ1) is 16.5. The van der Waals surface area contributed by atoms with E-state index in [2.05, 4.69) is 15.4 Å². The van der Waals surface area contributed by atoms with E-state index >= 15 is 0 Å². The summed E-state index contributed by atoms with van der Waals surface area (Å²) in [5, 5.41) is 9.10. The molecule has 1 N–H and O–H groups in total. The zero-order valence-electron chi connectivity index (χ0n) is 18.5. The molecule has 4 aromatic rings. The third-order valence-corrected chi connectivity index (χ3v) is 8.12. The van der Waals surface area contributed by atoms with Crippen molar-refractivity contribution in [3.8, 4) is 5.82 Å². The average molecular weight is 476 g/mol. The number of sulfonamides is 1. The van der Waals surface area contributed by atoms with Crippen molar-refractivity contribution >= 4 is 26.7 Å². The van der Waals surface area contributed by atoms with E-state index in [0.29, 0.717) is 38.3 Å². The number of amides is 1. The van der Waals surface area contributed by atoms with Gasteiger partial charge in [0.25, 0.3) is 0 Å². The van der Waals surface area contributed by atoms with Crippen molar-refractivity contribution in [3.05, 3.63) is 84.8 Å². The van der Waals surface area contributed by atoms with E-state index in [0.717, 1.165) is 16.3 Å². The van der Waals surface area contributed by atoms with Gasteiger partial charge in [0.1, 0.15) is 0 Å². The van der Waals surface area contributed by atoms with Crippen LogP contribution in [-0.2, 0) is 21.4 Å². The number of aromatic nitrogens is 3. The number of nitrogens with one attached hydrogen (secondary N) is 1. The van der Waals surface area contributed by atoms with Gasteiger partial charge in [-0.15, -0.1) is 0 Å². The number of rotatable bonds is 6. The Balaban J connectivity index is 1.21. The smallest absolute Gasteiger partial charge is 0.243 e. The van der Waals surface area contributed by atoms with Crippen LogP contribution in [0.1, 0.15) is 18.4 Å². The fourth-order valence-corrected chi connectivity index (χ4v) is 5.84. The van der Waals surface area contributed by atoms with Crippen LogP contribution in [0.2, 0.25) is 0 Å². The summed E-state index contributed by atoms with van der Waals surface area (Å²) < 4.78 is 29.5. The first-order valence-corrected chi connectivity index (χ1v) is 12.7. The SMILES string of the molecule is O=C(NCc1cccnc1-n1cccn1)C1CCN(S(=O)(=O)c2ccc3ccccc3c2)CC1. The molecule has 34 heavy (non-hydrogen) atoms. The van der Waals surface area contributed by atoms with Gasteiger partial charge < -0.3 is 5.32 Å². The Morgan fingerprint density at radius 3 is 2.53 bits per heavy atom. The van der Waals surface area contributed by atoms with Gasteiger partial charge in [-0.3, -0.25) is 4.79 Å². The van der Waals surface area contributed by atoms with Gasteiger partial charge in [-0.25, -0.2) is 18.1 Å². The van der Waals surface area contributed by atoms with Crippen LogP contribution in [0.4, 0.5) is 0 Å². The van der Waals surface area contributed by atoms with Crippen LogP contribution in [0.3, 0.4) is 0 Å². The third-order valence-electron chi connectivity index (χ3n) is 6.23. The van der Waals surface area contributed by atoms with Crippen LogP contribution in [0, 0.1) is 5.92 Å². The molecule has 9 heteroatoms. The van der Waals surface area contributed by atoms with E-state index in [1.54, 1.807) is 35.4 Å². The van der Waals surface area contributed by atoms with E-state index in [9.17, 15) is 13.2 Å². The summed E-state index contributed by atoms with van der Waals surface area (Å²) >= 11 is 0. The van der Waals surface area contributed by atoms with Gasteiger partial charge in [0, 0.05) is 49.7 Å². The van der Waals surface area contributed by atoms with Gasteiger partial charge in [0.05, 0.1) is 4.90 Å². The van der Waals surface area contributed by atoms with Gasteiger partial charge in [0.2, 0.25) is 15.9 Å². The Labute approximate surface area is 198 Å². The number of fused-ring (bicyclic) bond motifs is 1. The Hall–Kier alpha value is -3.56. The van der Waals surface area contributed by atoms with E-state index in [1.165, 1.54) is 4.31 Å². The first kappa shape index (κ1) is 22.2. The van der Waals surface area contributed by atoms with Gasteiger partial charge in [-0.1, -0.05) is 36.4 Å². The lowest BCUT2D eigenvalue weighted by atomic mass is 9.97. The quantitative estimate of drug-likeness (QED) is 0.462. The number of hydrogen-bond acceptors (Lipinski definition) is 5. The largest absolute Gasteiger partial charge is 0.352 e. The molecule has 0 spiro atoms. The zero-order chi connectivity index (χ0) is 23.5. The molecule has 0 bridgehead atoms. The molecule has 1 amide bonds. The Morgan fingerprint density at radius 1 is 0.971 bits per heavy atom. The van der Waals surface area contributed by atoms with Crippen molar-refractivity contribution in [1.82, 2.24) is 24.4 Å². The highest BCUT2D eigenvalue weighted by Gasteiger charge is 2.32. The molecule has 1 saturated heterocycles. The summed E-state index contributed by atoms with van der Waals surface area (Å²) in [5.74, 6) is 0.370. The monoisotopic (exact) mass is 475 g/mol. The summed E-state index contributed by atoms with van der Waals surface area (Å²) in [6, 6.07) is 18.4. The lowest BCUT2D eigenvalue weighted by Gasteiger charge is -2.30. The molecule has 1 aliphatic rings. The molecule has 174 valence electrons. The minimum Gasteiger partial charge on any atom is -0.352 e. The maximum atomic E-state index is 13.2. The van der Waals surface area contributed by atoms with E-state index in [-0.39, 0.29) is 16.7 Å². The molecule has 1 aliphatic heterocycles. The fraction of sp³-hybridized carbons (Fsp3) is 0.240. The number of pyridine rings is 1. The first-order valence-electron chi connectivity index (χ1n) is 11.2. The minimum atomic E-state index is -3.60. The zero-order valence-corrected chi connectivity index (χ0v) is 19.4. The fourth-order valence-electron chi connectivity index (χ4n) is 4.33. The van der Waals surface area contributed by atoms with Crippen LogP contribution in [0.25, 0.3) is 16.6 Å². The van der Waals surface area contributed by atoms with E-state index < -0.39 is 10.0 Å². The standard InChI is InChI=1S/C25H25N5O3S/c31-25(27-18-22-7-3-12-26-24(22)30-14-4-13-28-30)20-10-15-29(16-11-20)34(32,33)23-9-8-19-5-1-2-6-21(19)17-23/h1-9,12-14,17,20H,10-11,15-16,18H2,(H,27,31). The molecular formula is C25H25N5O3S. The van der Waals surface area contributed by atoms with Crippen LogP contribution in [0.15, 0.2) is 84.1 Å². The number of carbonyl (C=O) groups excluding carboxylic acids is 1. The summed E-state index contributed by atoms with van der Waals surface area (Å²) in [6.45, 7) is 0.967. The highest BCUT2D eigenvalue weighted by molar-refractivity contribution is 7.89. The predicted octanol–water partition coefficient (Wildman–Crippen LogP) is 3.14. The Morgan fingerprint density at radius 2 is 1.76 bits per heavy atom. The van der Waals surface area contributed by atoms with Gasteiger partial charge >= 0.3 is 0 Å². The summed E-state index contributed by atoms with van der Waals surface area (Å²) in [7, 11) is -3.60. The molecule has 3 heterocycles. The Kier molecular flexibility index (Phi) is 6.12. The lowest BCUT2D eigenvalue weighted by molar-refractivity contribution is -0.126. The molecule has 0 atom stereocenters. The van der Waals surface area contributed by atoms with Crippen molar-refractivity contribution in [2.75, 3.05) is 13.1 Å². The van der Waals surface area contributed by atoms with Gasteiger partial charge in [-0.05, 0) is 47.9 Å². The summed E-state index contributed by atoms with van der Waals surface area (Å²) in [6.07, 6.45) is 6.14.